The first-order chi connectivity index (χ1) is 23.3. The normalized spacial score (nSPS) is 40.8. The molecule has 0 amide bonds. The fourth-order valence-electron chi connectivity index (χ4n) is 9.98. The van der Waals surface area contributed by atoms with Crippen LogP contribution in [0.3, 0.4) is 0 Å². The van der Waals surface area contributed by atoms with Gasteiger partial charge in [0.05, 0.1) is 17.8 Å². The summed E-state index contributed by atoms with van der Waals surface area (Å²) < 4.78 is 0. The lowest BCUT2D eigenvalue weighted by Gasteiger charge is -2.48. The van der Waals surface area contributed by atoms with E-state index >= 15 is 0 Å². The third kappa shape index (κ3) is 8.19. The minimum atomic E-state index is -1.41. The molecule has 9 atom stereocenters. The smallest absolute Gasteiger partial charge is 0.242 e. The fourth-order valence-corrected chi connectivity index (χ4v) is 9.98. The maximum Gasteiger partial charge on any atom is 0.242 e. The molecule has 6 saturated carbocycles. The van der Waals surface area contributed by atoms with Crippen LogP contribution in [-0.2, 0) is 14.4 Å². The number of nitro groups is 3. The van der Waals surface area contributed by atoms with Gasteiger partial charge in [-0.25, -0.2) is 0 Å². The van der Waals surface area contributed by atoms with Crippen molar-refractivity contribution < 1.29 is 44.5 Å². The number of aliphatic hydroxyl groups is 3. The van der Waals surface area contributed by atoms with Crippen molar-refractivity contribution in [3.63, 3.8) is 0 Å². The Bertz CT molecular complexity index is 1260. The molecule has 288 valence electrons. The first-order valence-electron chi connectivity index (χ1n) is 18.4. The molecule has 6 fully saturated rings. The highest BCUT2D eigenvalue weighted by molar-refractivity contribution is 5.84. The number of hydrogen-bond acceptors (Lipinski definition) is 12. The van der Waals surface area contributed by atoms with E-state index in [4.69, 9.17) is 0 Å². The van der Waals surface area contributed by atoms with Crippen molar-refractivity contribution in [2.24, 2.45) is 34.0 Å². The summed E-state index contributed by atoms with van der Waals surface area (Å²) in [6.45, 7) is 12.3. The predicted octanol–water partition coefficient (Wildman–Crippen LogP) is 4.66. The number of nitrogens with zero attached hydrogens (tertiary/aromatic N) is 3. The van der Waals surface area contributed by atoms with E-state index in [2.05, 4.69) is 41.5 Å². The average Bonchev–Trinajstić information content (AvgIpc) is 3.00. The molecule has 15 heteroatoms. The molecule has 0 aromatic carbocycles. The first-order valence-corrected chi connectivity index (χ1v) is 18.4. The predicted molar refractivity (Wildman–Crippen MR) is 183 cm³/mol. The molecule has 6 aliphatic rings. The van der Waals surface area contributed by atoms with Crippen molar-refractivity contribution >= 4 is 17.3 Å². The van der Waals surface area contributed by atoms with Gasteiger partial charge >= 0.3 is 0 Å². The second-order valence-electron chi connectivity index (χ2n) is 18.7. The van der Waals surface area contributed by atoms with E-state index in [9.17, 15) is 60.0 Å². The first kappa shape index (κ1) is 40.9. The molecule has 0 spiro atoms. The van der Waals surface area contributed by atoms with Gasteiger partial charge in [-0.15, -0.1) is 0 Å². The quantitative estimate of drug-likeness (QED) is 0.266. The summed E-state index contributed by atoms with van der Waals surface area (Å²) in [6.07, 6.45) is 6.21. The van der Waals surface area contributed by atoms with Gasteiger partial charge in [-0.05, 0) is 74.0 Å². The van der Waals surface area contributed by atoms with Gasteiger partial charge in [-0.2, -0.15) is 0 Å². The van der Waals surface area contributed by atoms with Crippen LogP contribution in [0.15, 0.2) is 0 Å². The molecular formula is C36H57N3O12. The van der Waals surface area contributed by atoms with Gasteiger partial charge in [0.15, 0.2) is 0 Å². The molecule has 0 saturated heterocycles. The summed E-state index contributed by atoms with van der Waals surface area (Å²) >= 11 is 0. The largest absolute Gasteiger partial charge is 0.382 e. The van der Waals surface area contributed by atoms with Gasteiger partial charge in [0.1, 0.15) is 34.2 Å². The average molecular weight is 724 g/mol. The van der Waals surface area contributed by atoms with Crippen LogP contribution < -0.4 is 0 Å². The zero-order valence-electron chi connectivity index (χ0n) is 30.9. The lowest BCUT2D eigenvalue weighted by atomic mass is 9.58. The summed E-state index contributed by atoms with van der Waals surface area (Å²) in [5, 5.41) is 64.7. The molecular weight excluding hydrogens is 666 g/mol. The van der Waals surface area contributed by atoms with Crippen molar-refractivity contribution in [1.29, 1.82) is 0 Å². The van der Waals surface area contributed by atoms with E-state index < -0.39 is 67.5 Å². The van der Waals surface area contributed by atoms with E-state index in [-0.39, 0.29) is 72.1 Å². The number of rotatable bonds is 3. The minimum absolute atomic E-state index is 0.00150. The zero-order chi connectivity index (χ0) is 38.5. The Kier molecular flexibility index (Phi) is 11.3. The van der Waals surface area contributed by atoms with E-state index in [1.54, 1.807) is 0 Å². The molecule has 0 aliphatic heterocycles. The molecule has 3 N–H and O–H groups in total. The maximum absolute atomic E-state index is 11.9. The molecule has 0 unspecified atom stereocenters. The van der Waals surface area contributed by atoms with E-state index in [1.165, 1.54) is 0 Å². The molecule has 0 heterocycles. The Hall–Kier alpha value is -2.91. The summed E-state index contributed by atoms with van der Waals surface area (Å²) in [7, 11) is 0. The summed E-state index contributed by atoms with van der Waals surface area (Å²) in [5.41, 5.74) is -4.25. The van der Waals surface area contributed by atoms with Crippen molar-refractivity contribution in [2.75, 3.05) is 0 Å². The van der Waals surface area contributed by atoms with Crippen LogP contribution in [0.1, 0.15) is 138 Å². The molecule has 0 radical (unpaired) electrons. The summed E-state index contributed by atoms with van der Waals surface area (Å²) in [5.74, 6) is -1.64. The van der Waals surface area contributed by atoms with Gasteiger partial charge < -0.3 is 15.3 Å². The Labute approximate surface area is 298 Å². The zero-order valence-corrected chi connectivity index (χ0v) is 30.9. The number of carbonyl (C=O) groups excluding carboxylic acids is 3. The number of hydrogen-bond donors (Lipinski definition) is 3. The van der Waals surface area contributed by atoms with Gasteiger partial charge in [0.2, 0.25) is 18.1 Å². The number of Topliss-reactive ketones (excluding diaryl/α,β-unsaturated/α-hetero) is 3. The van der Waals surface area contributed by atoms with Gasteiger partial charge in [0.25, 0.3) is 0 Å². The lowest BCUT2D eigenvalue weighted by molar-refractivity contribution is -0.552. The Morgan fingerprint density at radius 1 is 0.471 bits per heavy atom. The molecule has 15 nitrogen and oxygen atoms in total. The molecule has 0 bridgehead atoms. The monoisotopic (exact) mass is 723 g/mol. The Morgan fingerprint density at radius 2 is 0.686 bits per heavy atom. The molecule has 6 aliphatic carbocycles. The highest BCUT2D eigenvalue weighted by atomic mass is 16.6. The third-order valence-electron chi connectivity index (χ3n) is 13.3. The lowest BCUT2D eigenvalue weighted by Crippen LogP contribution is -2.61. The van der Waals surface area contributed by atoms with Crippen molar-refractivity contribution in [3.05, 3.63) is 30.3 Å². The van der Waals surface area contributed by atoms with E-state index in [1.807, 2.05) is 0 Å². The molecule has 0 aromatic rings. The number of fused-ring (bicyclic) bond motifs is 3. The molecule has 6 rings (SSSR count). The SMILES string of the molecule is CC1(C)CC[C@@]2(O)[C@H](C1)C(=O)CC[C@@H]2[N+](=O)[O-].CC1(C)CC[C@@]2(O)[C@H](C1)C(=O)CC[C@@H]2[N+](=O)[O-].CC1(C)CC[C@@]2(O)[C@H](C1)C(=O)CC[C@@H]2[N+](=O)[O-]. The van der Waals surface area contributed by atoms with Crippen LogP contribution in [0.25, 0.3) is 0 Å². The van der Waals surface area contributed by atoms with Gasteiger partial charge in [-0.1, -0.05) is 41.5 Å². The molecule has 51 heavy (non-hydrogen) atoms. The highest BCUT2D eigenvalue weighted by Gasteiger charge is 2.62. The number of carbonyl (C=O) groups is 3. The second-order valence-corrected chi connectivity index (χ2v) is 18.7. The second kappa shape index (κ2) is 14.1. The summed E-state index contributed by atoms with van der Waals surface area (Å²) in [4.78, 5) is 67.6. The standard InChI is InChI=1S/3C12H19NO4/c3*1-11(2)5-6-12(15)8(7-11)9(14)3-4-10(12)13(16)17/h3*8,10,15H,3-7H2,1-2H3/t3*8-,10+,12-/m111/s1. The van der Waals surface area contributed by atoms with Crippen molar-refractivity contribution in [3.8, 4) is 0 Å². The van der Waals surface area contributed by atoms with E-state index in [0.29, 0.717) is 38.5 Å². The van der Waals surface area contributed by atoms with Crippen LogP contribution in [0, 0.1) is 64.3 Å². The van der Waals surface area contributed by atoms with Gasteiger partial charge in [0, 0.05) is 53.3 Å². The summed E-state index contributed by atoms with van der Waals surface area (Å²) in [6, 6.07) is -2.91. The minimum Gasteiger partial charge on any atom is -0.382 e. The van der Waals surface area contributed by atoms with Crippen molar-refractivity contribution in [2.45, 2.75) is 173 Å². The Balaban J connectivity index is 0.000000172. The topological polar surface area (TPSA) is 241 Å². The number of ketones is 3. The van der Waals surface area contributed by atoms with E-state index in [0.717, 1.165) is 19.3 Å². The fraction of sp³-hybridized carbons (Fsp3) is 0.917. The van der Waals surface area contributed by atoms with Crippen LogP contribution >= 0.6 is 0 Å². The van der Waals surface area contributed by atoms with Crippen LogP contribution in [0.2, 0.25) is 0 Å². The third-order valence-corrected chi connectivity index (χ3v) is 13.3. The van der Waals surface area contributed by atoms with Gasteiger partial charge in [-0.3, -0.25) is 44.7 Å². The Morgan fingerprint density at radius 3 is 0.882 bits per heavy atom. The molecule has 0 aromatic heterocycles. The maximum atomic E-state index is 11.9. The highest BCUT2D eigenvalue weighted by Crippen LogP contribution is 2.52. The van der Waals surface area contributed by atoms with Crippen LogP contribution in [-0.4, -0.2) is 82.4 Å². The van der Waals surface area contributed by atoms with Crippen LogP contribution in [0.5, 0.6) is 0 Å². The van der Waals surface area contributed by atoms with Crippen LogP contribution in [0.4, 0.5) is 0 Å². The van der Waals surface area contributed by atoms with Crippen molar-refractivity contribution in [1.82, 2.24) is 0 Å².